The van der Waals surface area contributed by atoms with Crippen LogP contribution in [-0.2, 0) is 0 Å². The van der Waals surface area contributed by atoms with E-state index in [1.165, 1.54) is 12.1 Å². The summed E-state index contributed by atoms with van der Waals surface area (Å²) < 4.78 is 0. The number of likely N-dealkylation sites (tertiary alicyclic amines) is 1. The zero-order chi connectivity index (χ0) is 19.2. The molecule has 1 aliphatic rings. The fourth-order valence-electron chi connectivity index (χ4n) is 3.64. The number of anilines is 3. The summed E-state index contributed by atoms with van der Waals surface area (Å²) in [6, 6.07) is 12.1. The molecule has 1 saturated heterocycles. The predicted molar refractivity (Wildman–Crippen MR) is 112 cm³/mol. The lowest BCUT2D eigenvalue weighted by molar-refractivity contribution is 0.0682. The van der Waals surface area contributed by atoms with Crippen molar-refractivity contribution in [1.82, 2.24) is 9.88 Å². The van der Waals surface area contributed by atoms with Crippen LogP contribution in [0.1, 0.15) is 44.0 Å². The summed E-state index contributed by atoms with van der Waals surface area (Å²) >= 11 is 0. The molecule has 0 spiro atoms. The lowest BCUT2D eigenvalue weighted by Crippen LogP contribution is -2.39. The van der Waals surface area contributed by atoms with Crippen LogP contribution in [0.3, 0.4) is 0 Å². The van der Waals surface area contributed by atoms with Crippen LogP contribution < -0.4 is 10.2 Å². The Balaban J connectivity index is 1.63. The number of amides is 1. The lowest BCUT2D eigenvalue weighted by Gasteiger charge is -2.30. The van der Waals surface area contributed by atoms with Crippen molar-refractivity contribution in [2.45, 2.75) is 33.6 Å². The highest BCUT2D eigenvalue weighted by Crippen LogP contribution is 2.21. The highest BCUT2D eigenvalue weighted by Gasteiger charge is 2.22. The van der Waals surface area contributed by atoms with Gasteiger partial charge in [-0.05, 0) is 69.0 Å². The van der Waals surface area contributed by atoms with Gasteiger partial charge in [-0.2, -0.15) is 0 Å². The van der Waals surface area contributed by atoms with Gasteiger partial charge in [-0.15, -0.1) is 0 Å². The number of nitrogens with zero attached hydrogens (tertiary/aromatic N) is 3. The van der Waals surface area contributed by atoms with E-state index >= 15 is 0 Å². The minimum Gasteiger partial charge on any atom is -0.372 e. The first kappa shape index (κ1) is 19.2. The standard InChI is InChI=1S/C22H30N4O/c1-4-25(5-2)20-11-9-19(10-12-20)24-21-13-8-18(15-23-21)22(27)26-14-6-7-17(3)16-26/h8-13,15,17H,4-7,14,16H2,1-3H3,(H,23,24). The van der Waals surface area contributed by atoms with Crippen molar-refractivity contribution < 1.29 is 4.79 Å². The van der Waals surface area contributed by atoms with Gasteiger partial charge in [0.05, 0.1) is 5.56 Å². The van der Waals surface area contributed by atoms with Gasteiger partial charge in [-0.1, -0.05) is 6.92 Å². The maximum atomic E-state index is 12.6. The third-order valence-corrected chi connectivity index (χ3v) is 5.22. The van der Waals surface area contributed by atoms with E-state index < -0.39 is 0 Å². The number of hydrogen-bond acceptors (Lipinski definition) is 4. The van der Waals surface area contributed by atoms with Crippen LogP contribution in [0.15, 0.2) is 42.6 Å². The van der Waals surface area contributed by atoms with E-state index in [2.05, 4.69) is 60.2 Å². The third kappa shape index (κ3) is 4.79. The van der Waals surface area contributed by atoms with Gasteiger partial charge >= 0.3 is 0 Å². The second-order valence-corrected chi connectivity index (χ2v) is 7.27. The van der Waals surface area contributed by atoms with Crippen LogP contribution in [0.4, 0.5) is 17.2 Å². The largest absolute Gasteiger partial charge is 0.372 e. The number of aromatic nitrogens is 1. The molecule has 27 heavy (non-hydrogen) atoms. The molecule has 1 aromatic heterocycles. The summed E-state index contributed by atoms with van der Waals surface area (Å²) in [5.74, 6) is 1.41. The zero-order valence-corrected chi connectivity index (χ0v) is 16.6. The van der Waals surface area contributed by atoms with Crippen molar-refractivity contribution in [2.75, 3.05) is 36.4 Å². The van der Waals surface area contributed by atoms with Gasteiger partial charge in [0.15, 0.2) is 0 Å². The minimum atomic E-state index is 0.0872. The maximum Gasteiger partial charge on any atom is 0.255 e. The van der Waals surface area contributed by atoms with E-state index in [0.29, 0.717) is 11.5 Å². The molecule has 1 atom stereocenters. The number of piperidine rings is 1. The van der Waals surface area contributed by atoms with Crippen LogP contribution in [0, 0.1) is 5.92 Å². The molecule has 2 heterocycles. The molecular formula is C22H30N4O. The Morgan fingerprint density at radius 2 is 1.93 bits per heavy atom. The van der Waals surface area contributed by atoms with Crippen molar-refractivity contribution in [1.29, 1.82) is 0 Å². The first-order chi connectivity index (χ1) is 13.1. The SMILES string of the molecule is CCN(CC)c1ccc(Nc2ccc(C(=O)N3CCCC(C)C3)cn2)cc1. The molecule has 1 fully saturated rings. The van der Waals surface area contributed by atoms with Gasteiger partial charge in [0, 0.05) is 43.8 Å². The first-order valence-corrected chi connectivity index (χ1v) is 9.98. The lowest BCUT2D eigenvalue weighted by atomic mass is 10.00. The number of carbonyl (C=O) groups is 1. The normalized spacial score (nSPS) is 16.9. The van der Waals surface area contributed by atoms with Crippen LogP contribution in [0.25, 0.3) is 0 Å². The Morgan fingerprint density at radius 3 is 2.52 bits per heavy atom. The van der Waals surface area contributed by atoms with Crippen molar-refractivity contribution in [3.05, 3.63) is 48.2 Å². The van der Waals surface area contributed by atoms with E-state index in [-0.39, 0.29) is 5.91 Å². The number of pyridine rings is 1. The average molecular weight is 367 g/mol. The number of benzene rings is 1. The second-order valence-electron chi connectivity index (χ2n) is 7.27. The van der Waals surface area contributed by atoms with Crippen LogP contribution in [-0.4, -0.2) is 42.0 Å². The molecule has 144 valence electrons. The number of carbonyl (C=O) groups excluding carboxylic acids is 1. The van der Waals surface area contributed by atoms with Crippen molar-refractivity contribution in [3.63, 3.8) is 0 Å². The van der Waals surface area contributed by atoms with E-state index in [1.54, 1.807) is 6.20 Å². The molecule has 5 nitrogen and oxygen atoms in total. The summed E-state index contributed by atoms with van der Waals surface area (Å²) in [7, 11) is 0. The quantitative estimate of drug-likeness (QED) is 0.815. The van der Waals surface area contributed by atoms with Gasteiger partial charge in [-0.25, -0.2) is 4.98 Å². The first-order valence-electron chi connectivity index (χ1n) is 9.98. The van der Waals surface area contributed by atoms with Gasteiger partial charge in [0.1, 0.15) is 5.82 Å². The van der Waals surface area contributed by atoms with Gasteiger partial charge in [0.2, 0.25) is 0 Å². The minimum absolute atomic E-state index is 0.0872. The molecule has 1 amide bonds. The molecule has 1 N–H and O–H groups in total. The van der Waals surface area contributed by atoms with Crippen molar-refractivity contribution in [3.8, 4) is 0 Å². The fourth-order valence-corrected chi connectivity index (χ4v) is 3.64. The van der Waals surface area contributed by atoms with E-state index in [0.717, 1.165) is 44.1 Å². The Hall–Kier alpha value is -2.56. The Kier molecular flexibility index (Phi) is 6.32. The molecule has 3 rings (SSSR count). The Bertz CT molecular complexity index is 738. The molecule has 2 aromatic rings. The summed E-state index contributed by atoms with van der Waals surface area (Å²) in [5.41, 5.74) is 2.86. The third-order valence-electron chi connectivity index (χ3n) is 5.22. The summed E-state index contributed by atoms with van der Waals surface area (Å²) in [5, 5.41) is 3.30. The second kappa shape index (κ2) is 8.89. The number of nitrogens with one attached hydrogen (secondary N) is 1. The van der Waals surface area contributed by atoms with Crippen molar-refractivity contribution >= 4 is 23.1 Å². The van der Waals surface area contributed by atoms with E-state index in [9.17, 15) is 4.79 Å². The van der Waals surface area contributed by atoms with Gasteiger partial charge in [0.25, 0.3) is 5.91 Å². The van der Waals surface area contributed by atoms with Crippen LogP contribution in [0.2, 0.25) is 0 Å². The van der Waals surface area contributed by atoms with Gasteiger partial charge < -0.3 is 15.1 Å². The molecular weight excluding hydrogens is 336 g/mol. The van der Waals surface area contributed by atoms with Gasteiger partial charge in [-0.3, -0.25) is 4.79 Å². The highest BCUT2D eigenvalue weighted by molar-refractivity contribution is 5.94. The van der Waals surface area contributed by atoms with Crippen LogP contribution in [0.5, 0.6) is 0 Å². The maximum absolute atomic E-state index is 12.6. The average Bonchev–Trinajstić information content (AvgIpc) is 2.70. The molecule has 0 aliphatic carbocycles. The van der Waals surface area contributed by atoms with E-state index in [4.69, 9.17) is 0 Å². The van der Waals surface area contributed by atoms with Crippen molar-refractivity contribution in [2.24, 2.45) is 5.92 Å². The molecule has 0 bridgehead atoms. The molecule has 5 heteroatoms. The molecule has 1 unspecified atom stereocenters. The number of hydrogen-bond donors (Lipinski definition) is 1. The Labute approximate surface area is 162 Å². The molecule has 1 aliphatic heterocycles. The predicted octanol–water partition coefficient (Wildman–Crippen LogP) is 4.54. The molecule has 0 radical (unpaired) electrons. The summed E-state index contributed by atoms with van der Waals surface area (Å²) in [6.45, 7) is 10.2. The highest BCUT2D eigenvalue weighted by atomic mass is 16.2. The molecule has 1 aromatic carbocycles. The van der Waals surface area contributed by atoms with Crippen LogP contribution >= 0.6 is 0 Å². The fraction of sp³-hybridized carbons (Fsp3) is 0.455. The van der Waals surface area contributed by atoms with E-state index in [1.807, 2.05) is 17.0 Å². The summed E-state index contributed by atoms with van der Waals surface area (Å²) in [6.07, 6.45) is 3.97. The summed E-state index contributed by atoms with van der Waals surface area (Å²) in [4.78, 5) is 21.3. The molecule has 0 saturated carbocycles. The Morgan fingerprint density at radius 1 is 1.19 bits per heavy atom. The topological polar surface area (TPSA) is 48.5 Å². The number of rotatable bonds is 6. The zero-order valence-electron chi connectivity index (χ0n) is 16.6. The monoisotopic (exact) mass is 366 g/mol. The smallest absolute Gasteiger partial charge is 0.255 e.